The van der Waals surface area contributed by atoms with Crippen LogP contribution in [-0.4, -0.2) is 66.3 Å². The van der Waals surface area contributed by atoms with Crippen molar-refractivity contribution in [1.82, 2.24) is 14.4 Å². The molecule has 6 heteroatoms. The van der Waals surface area contributed by atoms with Gasteiger partial charge in [-0.25, -0.2) is 4.39 Å². The van der Waals surface area contributed by atoms with Crippen LogP contribution in [0.2, 0.25) is 0 Å². The van der Waals surface area contributed by atoms with E-state index in [4.69, 9.17) is 4.74 Å². The molecule has 30 heavy (non-hydrogen) atoms. The quantitative estimate of drug-likeness (QED) is 0.675. The first-order valence-corrected chi connectivity index (χ1v) is 11.5. The van der Waals surface area contributed by atoms with Gasteiger partial charge < -0.3 is 19.1 Å². The molecule has 0 spiro atoms. The number of halogens is 1. The minimum atomic E-state index is -0.521. The van der Waals surface area contributed by atoms with Crippen LogP contribution in [-0.2, 0) is 6.54 Å². The maximum Gasteiger partial charge on any atom is 0.256 e. The van der Waals surface area contributed by atoms with Gasteiger partial charge in [-0.05, 0) is 31.4 Å². The van der Waals surface area contributed by atoms with Crippen molar-refractivity contribution in [3.05, 3.63) is 30.0 Å². The zero-order valence-corrected chi connectivity index (χ0v) is 18.1. The molecule has 2 aromatic rings. The Morgan fingerprint density at radius 3 is 2.60 bits per heavy atom. The SMILES string of the molecule is CCN1CCN(C(=O)c2cn(CC3CCCCC3)c3c(OCCF)cccc23)CC1. The number of carbonyl (C=O) groups is 1. The van der Waals surface area contributed by atoms with Gasteiger partial charge in [0.1, 0.15) is 19.0 Å². The Balaban J connectivity index is 1.66. The molecule has 5 nitrogen and oxygen atoms in total. The molecule has 1 saturated heterocycles. The Labute approximate surface area is 178 Å². The first kappa shape index (κ1) is 21.2. The minimum Gasteiger partial charge on any atom is -0.489 e. The van der Waals surface area contributed by atoms with Crippen LogP contribution in [0.15, 0.2) is 24.4 Å². The van der Waals surface area contributed by atoms with E-state index < -0.39 is 6.67 Å². The molecule has 2 heterocycles. The van der Waals surface area contributed by atoms with Crippen LogP contribution in [0.1, 0.15) is 49.4 Å². The highest BCUT2D eigenvalue weighted by Crippen LogP contribution is 2.34. The number of nitrogens with zero attached hydrogens (tertiary/aromatic N) is 3. The van der Waals surface area contributed by atoms with Crippen LogP contribution in [0.5, 0.6) is 5.75 Å². The zero-order valence-electron chi connectivity index (χ0n) is 18.1. The Kier molecular flexibility index (Phi) is 6.93. The average molecular weight is 416 g/mol. The smallest absolute Gasteiger partial charge is 0.256 e. The second kappa shape index (κ2) is 9.82. The first-order valence-electron chi connectivity index (χ1n) is 11.5. The molecular formula is C24H34FN3O2. The van der Waals surface area contributed by atoms with Crippen molar-refractivity contribution < 1.29 is 13.9 Å². The lowest BCUT2D eigenvalue weighted by atomic mass is 9.89. The van der Waals surface area contributed by atoms with Crippen LogP contribution < -0.4 is 4.74 Å². The number of para-hydroxylation sites is 1. The Morgan fingerprint density at radius 1 is 1.13 bits per heavy atom. The molecule has 2 fully saturated rings. The van der Waals surface area contributed by atoms with E-state index in [1.165, 1.54) is 32.1 Å². The first-order chi connectivity index (χ1) is 14.7. The highest BCUT2D eigenvalue weighted by atomic mass is 19.1. The maximum atomic E-state index is 13.4. The minimum absolute atomic E-state index is 0.0377. The van der Waals surface area contributed by atoms with Crippen LogP contribution in [0, 0.1) is 5.92 Å². The van der Waals surface area contributed by atoms with Gasteiger partial charge in [0.2, 0.25) is 0 Å². The normalized spacial score (nSPS) is 18.8. The molecule has 0 unspecified atom stereocenters. The van der Waals surface area contributed by atoms with Crippen molar-refractivity contribution in [2.45, 2.75) is 45.6 Å². The van der Waals surface area contributed by atoms with E-state index in [1.54, 1.807) is 0 Å². The third-order valence-electron chi connectivity index (χ3n) is 6.71. The van der Waals surface area contributed by atoms with Gasteiger partial charge in [0, 0.05) is 44.3 Å². The van der Waals surface area contributed by atoms with Crippen molar-refractivity contribution in [2.75, 3.05) is 46.0 Å². The summed E-state index contributed by atoms with van der Waals surface area (Å²) in [6.07, 6.45) is 8.37. The number of rotatable bonds is 7. The van der Waals surface area contributed by atoms with E-state index in [2.05, 4.69) is 16.4 Å². The number of hydrogen-bond donors (Lipinski definition) is 0. The third kappa shape index (κ3) is 4.48. The lowest BCUT2D eigenvalue weighted by Crippen LogP contribution is -2.48. The predicted octanol–water partition coefficient (Wildman–Crippen LogP) is 4.35. The topological polar surface area (TPSA) is 37.7 Å². The molecule has 2 aliphatic rings. The molecule has 4 rings (SSSR count). The summed E-state index contributed by atoms with van der Waals surface area (Å²) >= 11 is 0. The van der Waals surface area contributed by atoms with Crippen molar-refractivity contribution in [2.24, 2.45) is 5.92 Å². The summed E-state index contributed by atoms with van der Waals surface area (Å²) in [7, 11) is 0. The zero-order chi connectivity index (χ0) is 20.9. The Bertz CT molecular complexity index is 851. The van der Waals surface area contributed by atoms with E-state index in [9.17, 15) is 9.18 Å². The maximum absolute atomic E-state index is 13.4. The van der Waals surface area contributed by atoms with Crippen molar-refractivity contribution in [1.29, 1.82) is 0 Å². The van der Waals surface area contributed by atoms with Crippen molar-refractivity contribution in [3.63, 3.8) is 0 Å². The van der Waals surface area contributed by atoms with Gasteiger partial charge in [0.25, 0.3) is 5.91 Å². The fourth-order valence-corrected chi connectivity index (χ4v) is 4.99. The summed E-state index contributed by atoms with van der Waals surface area (Å²) in [4.78, 5) is 17.8. The van der Waals surface area contributed by atoms with Gasteiger partial charge in [-0.15, -0.1) is 0 Å². The summed E-state index contributed by atoms with van der Waals surface area (Å²) in [5.41, 5.74) is 1.68. The molecule has 1 aromatic heterocycles. The number of amides is 1. The molecule has 1 amide bonds. The molecule has 1 aliphatic heterocycles. The second-order valence-electron chi connectivity index (χ2n) is 8.62. The van der Waals surface area contributed by atoms with Crippen LogP contribution in [0.4, 0.5) is 4.39 Å². The van der Waals surface area contributed by atoms with Crippen LogP contribution in [0.3, 0.4) is 0 Å². The van der Waals surface area contributed by atoms with Gasteiger partial charge >= 0.3 is 0 Å². The number of fused-ring (bicyclic) bond motifs is 1. The highest BCUT2D eigenvalue weighted by molar-refractivity contribution is 6.08. The second-order valence-corrected chi connectivity index (χ2v) is 8.62. The van der Waals surface area contributed by atoms with Gasteiger partial charge in [-0.3, -0.25) is 4.79 Å². The third-order valence-corrected chi connectivity index (χ3v) is 6.71. The number of benzene rings is 1. The molecular weight excluding hydrogens is 381 g/mol. The molecule has 164 valence electrons. The van der Waals surface area contributed by atoms with Gasteiger partial charge in [-0.2, -0.15) is 0 Å². The van der Waals surface area contributed by atoms with E-state index in [0.717, 1.165) is 55.7 Å². The number of hydrogen-bond acceptors (Lipinski definition) is 3. The molecule has 1 saturated carbocycles. The van der Waals surface area contributed by atoms with Crippen molar-refractivity contribution in [3.8, 4) is 5.75 Å². The van der Waals surface area contributed by atoms with Crippen LogP contribution >= 0.6 is 0 Å². The van der Waals surface area contributed by atoms with E-state index in [0.29, 0.717) is 11.7 Å². The molecule has 0 atom stereocenters. The molecule has 0 radical (unpaired) electrons. The number of piperazine rings is 1. The largest absolute Gasteiger partial charge is 0.489 e. The van der Waals surface area contributed by atoms with Gasteiger partial charge in [0.05, 0.1) is 11.1 Å². The molecule has 0 bridgehead atoms. The fourth-order valence-electron chi connectivity index (χ4n) is 4.99. The Hall–Kier alpha value is -2.08. The van der Waals surface area contributed by atoms with E-state index in [-0.39, 0.29) is 12.5 Å². The monoisotopic (exact) mass is 415 g/mol. The average Bonchev–Trinajstić information content (AvgIpc) is 3.17. The summed E-state index contributed by atoms with van der Waals surface area (Å²) in [6.45, 7) is 6.97. The van der Waals surface area contributed by atoms with E-state index in [1.807, 2.05) is 29.3 Å². The number of likely N-dealkylation sites (N-methyl/N-ethyl adjacent to an activating group) is 1. The summed E-state index contributed by atoms with van der Waals surface area (Å²) in [5.74, 6) is 1.40. The van der Waals surface area contributed by atoms with Crippen LogP contribution in [0.25, 0.3) is 10.9 Å². The lowest BCUT2D eigenvalue weighted by molar-refractivity contribution is 0.0645. The molecule has 1 aliphatic carbocycles. The number of carbonyl (C=O) groups excluding carboxylic acids is 1. The van der Waals surface area contributed by atoms with Gasteiger partial charge in [-0.1, -0.05) is 38.3 Å². The number of aromatic nitrogens is 1. The summed E-state index contributed by atoms with van der Waals surface area (Å²) in [6, 6.07) is 5.81. The standard InChI is InChI=1S/C24H34FN3O2/c1-2-26-12-14-27(15-13-26)24(29)21-18-28(17-19-7-4-3-5-8-19)23-20(21)9-6-10-22(23)30-16-11-25/h6,9-10,18-19H,2-5,7-8,11-17H2,1H3. The summed E-state index contributed by atoms with van der Waals surface area (Å²) in [5, 5.41) is 0.921. The molecule has 1 aromatic carbocycles. The van der Waals surface area contributed by atoms with E-state index >= 15 is 0 Å². The van der Waals surface area contributed by atoms with Crippen molar-refractivity contribution >= 4 is 16.8 Å². The Morgan fingerprint density at radius 2 is 1.90 bits per heavy atom. The predicted molar refractivity (Wildman–Crippen MR) is 118 cm³/mol. The van der Waals surface area contributed by atoms with Gasteiger partial charge in [0.15, 0.2) is 0 Å². The fraction of sp³-hybridized carbons (Fsp3) is 0.625. The molecule has 0 N–H and O–H groups in total. The summed E-state index contributed by atoms with van der Waals surface area (Å²) < 4.78 is 20.7. The highest BCUT2D eigenvalue weighted by Gasteiger charge is 2.26. The number of ether oxygens (including phenoxy) is 1. The lowest BCUT2D eigenvalue weighted by Gasteiger charge is -2.34. The number of alkyl halides is 1.